The molecule has 75 heavy (non-hydrogen) atoms. The summed E-state index contributed by atoms with van der Waals surface area (Å²) in [6, 6.07) is 35.8. The summed E-state index contributed by atoms with van der Waals surface area (Å²) in [5, 5.41) is 10.4. The molecule has 0 aliphatic heterocycles. The summed E-state index contributed by atoms with van der Waals surface area (Å²) in [7, 11) is -7.38. The minimum atomic E-state index is -4.40. The van der Waals surface area contributed by atoms with E-state index in [1.165, 1.54) is 67.8 Å². The van der Waals surface area contributed by atoms with Gasteiger partial charge in [0.05, 0.1) is 19.8 Å². The topological polar surface area (TPSA) is 160 Å². The number of carbonyl (C=O) groups is 3. The Morgan fingerprint density at radius 3 is 1.72 bits per heavy atom. The quantitative estimate of drug-likeness (QED) is 0.0181. The van der Waals surface area contributed by atoms with E-state index >= 15 is 0 Å². The van der Waals surface area contributed by atoms with E-state index in [1.54, 1.807) is 20.8 Å². The summed E-state index contributed by atoms with van der Waals surface area (Å²) in [6.45, 7) is 16.9. The van der Waals surface area contributed by atoms with Crippen molar-refractivity contribution in [2.45, 2.75) is 161 Å². The van der Waals surface area contributed by atoms with Gasteiger partial charge in [-0.3, -0.25) is 18.4 Å². The number of phosphoric ester groups is 1. The number of amides is 3. The van der Waals surface area contributed by atoms with Crippen LogP contribution in [0.15, 0.2) is 122 Å². The van der Waals surface area contributed by atoms with E-state index in [1.807, 2.05) is 48.5 Å². The van der Waals surface area contributed by atoms with Crippen LogP contribution in [-0.4, -0.2) is 83.7 Å². The second-order valence-corrected chi connectivity index (χ2v) is 27.3. The largest absolute Gasteiger partial charge is 0.475 e. The van der Waals surface area contributed by atoms with Crippen LogP contribution in [0.3, 0.4) is 0 Å². The second-order valence-electron chi connectivity index (χ2n) is 21.4. The molecule has 3 atom stereocenters. The molecule has 5 rings (SSSR count). The Morgan fingerprint density at radius 2 is 1.19 bits per heavy atom. The van der Waals surface area contributed by atoms with E-state index in [0.29, 0.717) is 6.42 Å². The maximum Gasteiger partial charge on any atom is 0.475 e. The third-order valence-corrected chi connectivity index (χ3v) is 19.9. The van der Waals surface area contributed by atoms with Crippen molar-refractivity contribution in [3.8, 4) is 11.1 Å². The molecule has 13 nitrogen and oxygen atoms in total. The highest BCUT2D eigenvalue weighted by Crippen LogP contribution is 2.49. The van der Waals surface area contributed by atoms with Crippen molar-refractivity contribution in [3.63, 3.8) is 0 Å². The number of carbonyl (C=O) groups excluding carboxylic acids is 3. The van der Waals surface area contributed by atoms with Crippen molar-refractivity contribution in [3.05, 3.63) is 133 Å². The number of hydrogen-bond acceptors (Lipinski definition) is 10. The van der Waals surface area contributed by atoms with Crippen LogP contribution >= 0.6 is 7.82 Å². The zero-order valence-electron chi connectivity index (χ0n) is 45.9. The molecule has 0 bridgehead atoms. The van der Waals surface area contributed by atoms with Crippen molar-refractivity contribution in [1.29, 1.82) is 0 Å². The lowest BCUT2D eigenvalue weighted by atomic mass is 9.98. The summed E-state index contributed by atoms with van der Waals surface area (Å²) in [5.74, 6) is -0.820. The molecule has 1 aliphatic rings. The van der Waals surface area contributed by atoms with Crippen molar-refractivity contribution in [1.82, 2.24) is 16.0 Å². The van der Waals surface area contributed by atoms with Crippen molar-refractivity contribution in [2.24, 2.45) is 0 Å². The molecular formula is C60H86N3O10PSi. The van der Waals surface area contributed by atoms with Crippen LogP contribution in [0.4, 0.5) is 9.59 Å². The van der Waals surface area contributed by atoms with E-state index in [2.05, 4.69) is 111 Å². The predicted molar refractivity (Wildman–Crippen MR) is 303 cm³/mol. The highest BCUT2D eigenvalue weighted by atomic mass is 31.2. The van der Waals surface area contributed by atoms with Crippen LogP contribution in [0.1, 0.15) is 149 Å². The molecule has 3 amide bonds. The lowest BCUT2D eigenvalue weighted by Gasteiger charge is -2.45. The maximum absolute atomic E-state index is 14.4. The van der Waals surface area contributed by atoms with Gasteiger partial charge in [0.1, 0.15) is 18.2 Å². The molecule has 1 aliphatic carbocycles. The standard InChI is InChI=1S/C60H86N3O10PSi/c1-9-11-12-13-14-15-16-17-18-19-22-31-47(73-75(60(6,7)8,48-32-23-20-24-33-48)49-34-25-21-26-35-49)40-41-61-56(64)55(46-71-74(67,69-43-10-2)70-44-42-62-57(65)72-59(3,4)5)63-58(66)68-45-54-52-38-29-27-36-50(52)51-37-28-30-39-53(51)54/h10,20-21,23-30,32-39,47,54-55H,2,9,11-19,22,31,40-46H2,1,3-8H3,(H,61,64)(H,62,65)(H,63,66)/t47?,55-,74?/m0/s1. The Kier molecular flexibility index (Phi) is 24.8. The first-order valence-corrected chi connectivity index (χ1v) is 30.7. The van der Waals surface area contributed by atoms with Crippen molar-refractivity contribution >= 4 is 44.6 Å². The summed E-state index contributed by atoms with van der Waals surface area (Å²) in [5.41, 5.74) is 3.49. The van der Waals surface area contributed by atoms with Gasteiger partial charge in [-0.05, 0) is 71.3 Å². The number of alkyl carbamates (subject to hydrolysis) is 2. The number of fused-ring (bicyclic) bond motifs is 3. The number of benzene rings is 4. The van der Waals surface area contributed by atoms with Gasteiger partial charge in [-0.1, -0.05) is 214 Å². The molecule has 0 saturated carbocycles. The van der Waals surface area contributed by atoms with Crippen LogP contribution in [0, 0.1) is 0 Å². The molecule has 0 fully saturated rings. The van der Waals surface area contributed by atoms with Gasteiger partial charge in [0.15, 0.2) is 0 Å². The van der Waals surface area contributed by atoms with Crippen LogP contribution < -0.4 is 26.3 Å². The molecule has 15 heteroatoms. The van der Waals surface area contributed by atoms with E-state index in [-0.39, 0.29) is 50.0 Å². The number of phosphoric acid groups is 1. The third kappa shape index (κ3) is 19.2. The Labute approximate surface area is 449 Å². The van der Waals surface area contributed by atoms with Crippen LogP contribution in [-0.2, 0) is 36.8 Å². The molecule has 0 heterocycles. The van der Waals surface area contributed by atoms with Gasteiger partial charge in [0.2, 0.25) is 5.91 Å². The first kappa shape index (κ1) is 60.8. The molecule has 0 radical (unpaired) electrons. The molecule has 0 saturated heterocycles. The molecule has 2 unspecified atom stereocenters. The van der Waals surface area contributed by atoms with Crippen LogP contribution in [0.25, 0.3) is 11.1 Å². The monoisotopic (exact) mass is 1070 g/mol. The highest BCUT2D eigenvalue weighted by molar-refractivity contribution is 7.48. The number of nitrogens with one attached hydrogen (secondary N) is 3. The van der Waals surface area contributed by atoms with E-state index in [9.17, 15) is 18.9 Å². The fourth-order valence-corrected chi connectivity index (χ4v) is 15.6. The van der Waals surface area contributed by atoms with Gasteiger partial charge >= 0.3 is 20.0 Å². The van der Waals surface area contributed by atoms with E-state index < -0.39 is 52.5 Å². The van der Waals surface area contributed by atoms with Gasteiger partial charge in [0, 0.05) is 25.1 Å². The SMILES string of the molecule is C=CCOP(=O)(OCCNC(=O)OC(C)(C)C)OC[C@H](NC(=O)OCC1c2ccccc2-c2ccccc21)C(=O)NCCC(CCCCCCCCCCCCC)O[Si](c1ccccc1)(c1ccccc1)C(C)(C)C. The molecule has 4 aromatic rings. The zero-order chi connectivity index (χ0) is 54.2. The van der Waals surface area contributed by atoms with Gasteiger partial charge in [-0.15, -0.1) is 6.58 Å². The Hall–Kier alpha value is -5.08. The van der Waals surface area contributed by atoms with Crippen molar-refractivity contribution < 1.29 is 46.4 Å². The Balaban J connectivity index is 1.33. The molecule has 3 N–H and O–H groups in total. The first-order chi connectivity index (χ1) is 36.0. The van der Waals surface area contributed by atoms with Gasteiger partial charge in [-0.25, -0.2) is 14.2 Å². The van der Waals surface area contributed by atoms with Crippen LogP contribution in [0.2, 0.25) is 5.04 Å². The minimum Gasteiger partial charge on any atom is -0.449 e. The number of rotatable bonds is 33. The van der Waals surface area contributed by atoms with Gasteiger partial charge < -0.3 is 29.9 Å². The maximum atomic E-state index is 14.4. The minimum absolute atomic E-state index is 0.00403. The molecule has 4 aromatic carbocycles. The molecule has 410 valence electrons. The molecule has 0 aromatic heterocycles. The van der Waals surface area contributed by atoms with Gasteiger partial charge in [0.25, 0.3) is 8.32 Å². The second kappa shape index (κ2) is 30.6. The Bertz CT molecular complexity index is 2330. The fourth-order valence-electron chi connectivity index (χ4n) is 9.73. The average Bonchev–Trinajstić information content (AvgIpc) is 3.72. The number of ether oxygens (including phenoxy) is 2. The van der Waals surface area contributed by atoms with Crippen molar-refractivity contribution in [2.75, 3.05) is 39.5 Å². The first-order valence-electron chi connectivity index (χ1n) is 27.3. The normalized spacial score (nSPS) is 14.2. The summed E-state index contributed by atoms with van der Waals surface area (Å²) in [4.78, 5) is 40.5. The Morgan fingerprint density at radius 1 is 0.653 bits per heavy atom. The lowest BCUT2D eigenvalue weighted by molar-refractivity contribution is -0.124. The summed E-state index contributed by atoms with van der Waals surface area (Å²) < 4.78 is 49.8. The lowest BCUT2D eigenvalue weighted by Crippen LogP contribution is -2.67. The number of hydrogen-bond donors (Lipinski definition) is 3. The smallest absolute Gasteiger partial charge is 0.449 e. The fraction of sp³-hybridized carbons (Fsp3) is 0.517. The van der Waals surface area contributed by atoms with E-state index in [0.717, 1.165) is 47.9 Å². The predicted octanol–water partition coefficient (Wildman–Crippen LogP) is 12.9. The molecule has 0 spiro atoms. The zero-order valence-corrected chi connectivity index (χ0v) is 47.8. The van der Waals surface area contributed by atoms with E-state index in [4.69, 9.17) is 27.5 Å². The van der Waals surface area contributed by atoms with Gasteiger partial charge in [-0.2, -0.15) is 0 Å². The summed E-state index contributed by atoms with van der Waals surface area (Å²) >= 11 is 0. The highest BCUT2D eigenvalue weighted by Gasteiger charge is 2.51. The average molecular weight is 1070 g/mol. The molecular weight excluding hydrogens is 982 g/mol. The third-order valence-electron chi connectivity index (χ3n) is 13.4. The number of unbranched alkanes of at least 4 members (excludes halogenated alkanes) is 10. The summed E-state index contributed by atoms with van der Waals surface area (Å²) in [6.07, 6.45) is 14.4. The van der Waals surface area contributed by atoms with Crippen LogP contribution in [0.5, 0.6) is 0 Å².